The number of ether oxygens (including phenoxy) is 2. The van der Waals surface area contributed by atoms with Crippen molar-refractivity contribution in [2.24, 2.45) is 0 Å². The third-order valence-electron chi connectivity index (χ3n) is 4.52. The van der Waals surface area contributed by atoms with Crippen molar-refractivity contribution >= 4 is 23.3 Å². The molecule has 1 N–H and O–H groups in total. The Morgan fingerprint density at radius 1 is 1.18 bits per heavy atom. The second kappa shape index (κ2) is 8.56. The first-order chi connectivity index (χ1) is 13.5. The summed E-state index contributed by atoms with van der Waals surface area (Å²) in [4.78, 5) is 37.6. The summed E-state index contributed by atoms with van der Waals surface area (Å²) in [5, 5.41) is 2.84. The minimum atomic E-state index is -0.240. The van der Waals surface area contributed by atoms with Crippen molar-refractivity contribution < 1.29 is 23.9 Å². The van der Waals surface area contributed by atoms with Gasteiger partial charge in [0.25, 0.3) is 5.91 Å². The number of ketones is 1. The molecule has 7 heteroatoms. The van der Waals surface area contributed by atoms with Crippen LogP contribution in [0.1, 0.15) is 29.3 Å². The lowest BCUT2D eigenvalue weighted by atomic mass is 10.1. The Balaban J connectivity index is 1.60. The third-order valence-corrected chi connectivity index (χ3v) is 4.52. The highest BCUT2D eigenvalue weighted by Crippen LogP contribution is 2.33. The number of Topliss-reactive ketones (excluding diaryl/α,β-unsaturated/α-hetero) is 1. The van der Waals surface area contributed by atoms with Gasteiger partial charge in [-0.3, -0.25) is 14.4 Å². The quantitative estimate of drug-likeness (QED) is 0.743. The fourth-order valence-corrected chi connectivity index (χ4v) is 2.91. The summed E-state index contributed by atoms with van der Waals surface area (Å²) in [6.45, 7) is 1.99. The molecule has 0 atom stereocenters. The van der Waals surface area contributed by atoms with Gasteiger partial charge in [-0.2, -0.15) is 0 Å². The van der Waals surface area contributed by atoms with Gasteiger partial charge in [-0.1, -0.05) is 12.1 Å². The number of fused-ring (bicyclic) bond motifs is 1. The molecular formula is C21H22N2O5. The van der Waals surface area contributed by atoms with Crippen LogP contribution in [0.3, 0.4) is 0 Å². The number of hydrogen-bond acceptors (Lipinski definition) is 5. The van der Waals surface area contributed by atoms with E-state index < -0.39 is 0 Å². The van der Waals surface area contributed by atoms with E-state index in [0.29, 0.717) is 23.5 Å². The van der Waals surface area contributed by atoms with Crippen LogP contribution in [0.4, 0.5) is 5.69 Å². The molecule has 0 fully saturated rings. The number of benzene rings is 2. The number of amides is 2. The van der Waals surface area contributed by atoms with Gasteiger partial charge in [0.1, 0.15) is 11.5 Å². The van der Waals surface area contributed by atoms with Gasteiger partial charge in [0.15, 0.2) is 12.4 Å². The van der Waals surface area contributed by atoms with E-state index in [0.717, 1.165) is 11.3 Å². The van der Waals surface area contributed by atoms with E-state index in [2.05, 4.69) is 5.32 Å². The molecule has 0 spiro atoms. The van der Waals surface area contributed by atoms with Crippen molar-refractivity contribution in [3.63, 3.8) is 0 Å². The Morgan fingerprint density at radius 2 is 1.93 bits per heavy atom. The summed E-state index contributed by atoms with van der Waals surface area (Å²) in [7, 11) is 1.60. The molecular weight excluding hydrogens is 360 g/mol. The fraction of sp³-hybridized carbons (Fsp3) is 0.286. The molecule has 146 valence electrons. The number of hydrogen-bond donors (Lipinski definition) is 1. The molecule has 0 radical (unpaired) electrons. The highest BCUT2D eigenvalue weighted by Gasteiger charge is 2.26. The van der Waals surface area contributed by atoms with Gasteiger partial charge in [-0.15, -0.1) is 0 Å². The Bertz CT molecular complexity index is 892. The van der Waals surface area contributed by atoms with Crippen LogP contribution in [0.5, 0.6) is 11.5 Å². The van der Waals surface area contributed by atoms with E-state index in [4.69, 9.17) is 9.47 Å². The molecule has 1 aliphatic rings. The Morgan fingerprint density at radius 3 is 2.61 bits per heavy atom. The largest absolute Gasteiger partial charge is 0.497 e. The SMILES string of the molecule is COc1ccc(CNC(=O)CCN2C(=O)COc3ccc(C(C)=O)cc32)cc1. The van der Waals surface area contributed by atoms with Crippen LogP contribution in [0.15, 0.2) is 42.5 Å². The second-order valence-corrected chi connectivity index (χ2v) is 6.45. The predicted molar refractivity (Wildman–Crippen MR) is 104 cm³/mol. The molecule has 0 aromatic heterocycles. The smallest absolute Gasteiger partial charge is 0.265 e. The minimum Gasteiger partial charge on any atom is -0.497 e. The first kappa shape index (κ1) is 19.4. The van der Waals surface area contributed by atoms with Crippen LogP contribution in [-0.2, 0) is 16.1 Å². The zero-order valence-corrected chi connectivity index (χ0v) is 15.9. The zero-order valence-electron chi connectivity index (χ0n) is 15.9. The van der Waals surface area contributed by atoms with Crippen LogP contribution in [0, 0.1) is 0 Å². The first-order valence-corrected chi connectivity index (χ1v) is 8.95. The highest BCUT2D eigenvalue weighted by atomic mass is 16.5. The van der Waals surface area contributed by atoms with E-state index in [1.54, 1.807) is 25.3 Å². The van der Waals surface area contributed by atoms with Crippen molar-refractivity contribution in [1.29, 1.82) is 0 Å². The van der Waals surface area contributed by atoms with Crippen LogP contribution >= 0.6 is 0 Å². The number of methoxy groups -OCH3 is 1. The molecule has 3 rings (SSSR count). The normalized spacial score (nSPS) is 12.8. The number of carbonyl (C=O) groups is 3. The van der Waals surface area contributed by atoms with Crippen LogP contribution < -0.4 is 19.7 Å². The van der Waals surface area contributed by atoms with Crippen molar-refractivity contribution in [2.45, 2.75) is 19.9 Å². The summed E-state index contributed by atoms with van der Waals surface area (Å²) in [5.41, 5.74) is 1.96. The van der Waals surface area contributed by atoms with E-state index >= 15 is 0 Å². The summed E-state index contributed by atoms with van der Waals surface area (Å²) in [6.07, 6.45) is 0.144. The molecule has 0 saturated heterocycles. The van der Waals surface area contributed by atoms with E-state index in [1.165, 1.54) is 11.8 Å². The molecule has 0 unspecified atom stereocenters. The van der Waals surface area contributed by atoms with E-state index in [-0.39, 0.29) is 37.2 Å². The summed E-state index contributed by atoms with van der Waals surface area (Å²) in [5.74, 6) is 0.779. The molecule has 1 aliphatic heterocycles. The maximum absolute atomic E-state index is 12.3. The number of nitrogens with zero attached hydrogens (tertiary/aromatic N) is 1. The van der Waals surface area contributed by atoms with Crippen LogP contribution in [0.2, 0.25) is 0 Å². The van der Waals surface area contributed by atoms with Gasteiger partial charge in [-0.05, 0) is 42.8 Å². The fourth-order valence-electron chi connectivity index (χ4n) is 2.91. The van der Waals surface area contributed by atoms with Crippen molar-refractivity contribution in [2.75, 3.05) is 25.2 Å². The van der Waals surface area contributed by atoms with Crippen LogP contribution in [-0.4, -0.2) is 37.9 Å². The van der Waals surface area contributed by atoms with Gasteiger partial charge < -0.3 is 19.7 Å². The molecule has 0 saturated carbocycles. The van der Waals surface area contributed by atoms with Gasteiger partial charge in [0.05, 0.1) is 12.8 Å². The Labute approximate surface area is 163 Å². The molecule has 7 nitrogen and oxygen atoms in total. The Hall–Kier alpha value is -3.35. The summed E-state index contributed by atoms with van der Waals surface area (Å²) in [6, 6.07) is 12.4. The molecule has 2 aromatic rings. The summed E-state index contributed by atoms with van der Waals surface area (Å²) < 4.78 is 10.5. The standard InChI is InChI=1S/C21H22N2O5/c1-14(24)16-5-8-19-18(11-16)23(21(26)13-28-19)10-9-20(25)22-12-15-3-6-17(27-2)7-4-15/h3-8,11H,9-10,12-13H2,1-2H3,(H,22,25). The maximum Gasteiger partial charge on any atom is 0.265 e. The molecule has 2 amide bonds. The number of carbonyl (C=O) groups excluding carboxylic acids is 3. The lowest BCUT2D eigenvalue weighted by molar-refractivity contribution is -0.122. The number of anilines is 1. The van der Waals surface area contributed by atoms with Gasteiger partial charge in [0, 0.05) is 25.1 Å². The van der Waals surface area contributed by atoms with Crippen molar-refractivity contribution in [1.82, 2.24) is 5.32 Å². The molecule has 28 heavy (non-hydrogen) atoms. The lowest BCUT2D eigenvalue weighted by Gasteiger charge is -2.29. The van der Waals surface area contributed by atoms with Gasteiger partial charge in [-0.25, -0.2) is 0 Å². The molecule has 0 bridgehead atoms. The molecule has 0 aliphatic carbocycles. The molecule has 1 heterocycles. The Kier molecular flexibility index (Phi) is 5.93. The number of rotatable bonds is 7. The molecule has 2 aromatic carbocycles. The highest BCUT2D eigenvalue weighted by molar-refractivity contribution is 6.01. The second-order valence-electron chi connectivity index (χ2n) is 6.45. The topological polar surface area (TPSA) is 84.9 Å². The monoisotopic (exact) mass is 382 g/mol. The van der Waals surface area contributed by atoms with Crippen molar-refractivity contribution in [3.8, 4) is 11.5 Å². The maximum atomic E-state index is 12.3. The predicted octanol–water partition coefficient (Wildman–Crippen LogP) is 2.33. The third kappa shape index (κ3) is 4.49. The van der Waals surface area contributed by atoms with Gasteiger partial charge in [0.2, 0.25) is 5.91 Å². The van der Waals surface area contributed by atoms with Gasteiger partial charge >= 0.3 is 0 Å². The lowest BCUT2D eigenvalue weighted by Crippen LogP contribution is -2.41. The van der Waals surface area contributed by atoms with E-state index in [1.807, 2.05) is 24.3 Å². The number of nitrogens with one attached hydrogen (secondary N) is 1. The summed E-state index contributed by atoms with van der Waals surface area (Å²) >= 11 is 0. The average molecular weight is 382 g/mol. The minimum absolute atomic E-state index is 0.0834. The van der Waals surface area contributed by atoms with Crippen molar-refractivity contribution in [3.05, 3.63) is 53.6 Å². The van der Waals surface area contributed by atoms with E-state index in [9.17, 15) is 14.4 Å². The first-order valence-electron chi connectivity index (χ1n) is 8.95. The average Bonchev–Trinajstić information content (AvgIpc) is 2.71. The zero-order chi connectivity index (χ0) is 20.1. The van der Waals surface area contributed by atoms with Crippen LogP contribution in [0.25, 0.3) is 0 Å².